The van der Waals surface area contributed by atoms with E-state index in [-0.39, 0.29) is 5.91 Å². The van der Waals surface area contributed by atoms with Crippen LogP contribution in [0.5, 0.6) is 0 Å². The first-order valence-electron chi connectivity index (χ1n) is 10.4. The van der Waals surface area contributed by atoms with Crippen molar-refractivity contribution in [3.8, 4) is 0 Å². The Morgan fingerprint density at radius 1 is 0.694 bits per heavy atom. The van der Waals surface area contributed by atoms with Crippen molar-refractivity contribution < 1.29 is 14.4 Å². The number of fused-ring (bicyclic) bond motifs is 2. The second-order valence-corrected chi connectivity index (χ2v) is 11.3. The van der Waals surface area contributed by atoms with Gasteiger partial charge in [0.15, 0.2) is 0 Å². The van der Waals surface area contributed by atoms with Gasteiger partial charge in [-0.25, -0.2) is 0 Å². The standard InChI is InChI=1S/C25H14BrCl2N3O3S2/c26-13-7-10-16-18(11-13)36-21(20(16)28)24(33)29-14-8-5-12(6-9-14)23(32)30-31-25(34)22-19(27)15-3-1-2-4-17(15)35-22/h1-11H,(H,29,33)(H,30,32)(H,31,34). The van der Waals surface area contributed by atoms with Crippen LogP contribution in [0.2, 0.25) is 10.0 Å². The summed E-state index contributed by atoms with van der Waals surface area (Å²) in [4.78, 5) is 38.5. The largest absolute Gasteiger partial charge is 0.321 e. The number of carbonyl (C=O) groups is 3. The van der Waals surface area contributed by atoms with Gasteiger partial charge in [0.25, 0.3) is 17.7 Å². The summed E-state index contributed by atoms with van der Waals surface area (Å²) >= 11 is 18.7. The molecule has 0 aliphatic carbocycles. The van der Waals surface area contributed by atoms with Crippen LogP contribution in [0.3, 0.4) is 0 Å². The topological polar surface area (TPSA) is 87.3 Å². The number of thiophene rings is 2. The highest BCUT2D eigenvalue weighted by Crippen LogP contribution is 2.37. The fourth-order valence-corrected chi connectivity index (χ4v) is 6.86. The van der Waals surface area contributed by atoms with Gasteiger partial charge in [0.2, 0.25) is 0 Å². The van der Waals surface area contributed by atoms with Crippen LogP contribution in [-0.4, -0.2) is 17.7 Å². The van der Waals surface area contributed by atoms with Crippen molar-refractivity contribution in [3.63, 3.8) is 0 Å². The van der Waals surface area contributed by atoms with E-state index in [0.29, 0.717) is 31.1 Å². The molecular weight excluding hydrogens is 605 g/mol. The van der Waals surface area contributed by atoms with Crippen molar-refractivity contribution in [3.05, 3.63) is 96.6 Å². The predicted octanol–water partition coefficient (Wildman–Crippen LogP) is 7.51. The number of hydrogen-bond acceptors (Lipinski definition) is 5. The summed E-state index contributed by atoms with van der Waals surface area (Å²) in [5, 5.41) is 5.11. The number of benzene rings is 3. The van der Waals surface area contributed by atoms with Gasteiger partial charge in [-0.05, 0) is 42.5 Å². The number of amides is 3. The number of hydrazine groups is 1. The molecule has 0 saturated heterocycles. The molecule has 0 bridgehead atoms. The van der Waals surface area contributed by atoms with Crippen molar-refractivity contribution >= 4 is 105 Å². The Morgan fingerprint density at radius 2 is 1.31 bits per heavy atom. The Morgan fingerprint density at radius 3 is 2.03 bits per heavy atom. The molecule has 0 fully saturated rings. The molecule has 3 aromatic carbocycles. The normalized spacial score (nSPS) is 11.0. The zero-order valence-electron chi connectivity index (χ0n) is 18.0. The van der Waals surface area contributed by atoms with Crippen LogP contribution in [-0.2, 0) is 0 Å². The number of carbonyl (C=O) groups excluding carboxylic acids is 3. The molecule has 0 atom stereocenters. The highest BCUT2D eigenvalue weighted by molar-refractivity contribution is 9.10. The molecule has 6 nitrogen and oxygen atoms in total. The average molecular weight is 619 g/mol. The smallest absolute Gasteiger partial charge is 0.281 e. The van der Waals surface area contributed by atoms with Gasteiger partial charge in [-0.2, -0.15) is 0 Å². The van der Waals surface area contributed by atoms with Crippen molar-refractivity contribution in [2.45, 2.75) is 0 Å². The highest BCUT2D eigenvalue weighted by atomic mass is 79.9. The molecule has 0 spiro atoms. The van der Waals surface area contributed by atoms with Crippen molar-refractivity contribution in [1.82, 2.24) is 10.9 Å². The van der Waals surface area contributed by atoms with E-state index in [1.165, 1.54) is 34.8 Å². The van der Waals surface area contributed by atoms with Gasteiger partial charge in [0.1, 0.15) is 9.75 Å². The molecule has 3 N–H and O–H groups in total. The van der Waals surface area contributed by atoms with Gasteiger partial charge in [0.05, 0.1) is 10.0 Å². The van der Waals surface area contributed by atoms with E-state index in [2.05, 4.69) is 32.1 Å². The summed E-state index contributed by atoms with van der Waals surface area (Å²) in [6.07, 6.45) is 0. The van der Waals surface area contributed by atoms with Crippen LogP contribution in [0, 0.1) is 0 Å². The second kappa shape index (κ2) is 10.2. The van der Waals surface area contributed by atoms with E-state index in [9.17, 15) is 14.4 Å². The molecule has 2 aromatic heterocycles. The zero-order valence-corrected chi connectivity index (χ0v) is 22.8. The van der Waals surface area contributed by atoms with Gasteiger partial charge in [-0.1, -0.05) is 63.4 Å². The minimum Gasteiger partial charge on any atom is -0.321 e. The maximum Gasteiger partial charge on any atom is 0.281 e. The second-order valence-electron chi connectivity index (χ2n) is 7.57. The molecule has 3 amide bonds. The molecule has 0 aliphatic heterocycles. The summed E-state index contributed by atoms with van der Waals surface area (Å²) in [5.41, 5.74) is 5.56. The minimum atomic E-state index is -0.517. The maximum atomic E-state index is 12.8. The SMILES string of the molecule is O=C(NNC(=O)c1sc2ccccc2c1Cl)c1ccc(NC(=O)c2sc3cc(Br)ccc3c2Cl)cc1. The molecule has 2 heterocycles. The van der Waals surface area contributed by atoms with Crippen molar-refractivity contribution in [1.29, 1.82) is 0 Å². The Hall–Kier alpha value is -2.95. The van der Waals surface area contributed by atoms with Gasteiger partial charge >= 0.3 is 0 Å². The number of rotatable bonds is 4. The fraction of sp³-hybridized carbons (Fsp3) is 0. The van der Waals surface area contributed by atoms with E-state index in [1.807, 2.05) is 42.5 Å². The van der Waals surface area contributed by atoms with E-state index < -0.39 is 11.8 Å². The monoisotopic (exact) mass is 617 g/mol. The third-order valence-corrected chi connectivity index (χ3v) is 9.06. The van der Waals surface area contributed by atoms with E-state index in [0.717, 1.165) is 24.6 Å². The number of anilines is 1. The van der Waals surface area contributed by atoms with E-state index in [4.69, 9.17) is 23.2 Å². The maximum absolute atomic E-state index is 12.8. The molecular formula is C25H14BrCl2N3O3S2. The Kier molecular flexibility index (Phi) is 7.00. The van der Waals surface area contributed by atoms with Crippen LogP contribution in [0.1, 0.15) is 29.7 Å². The fourth-order valence-electron chi connectivity index (χ4n) is 3.48. The lowest BCUT2D eigenvalue weighted by molar-refractivity contribution is 0.0849. The molecule has 0 unspecified atom stereocenters. The molecule has 180 valence electrons. The molecule has 0 saturated carbocycles. The van der Waals surface area contributed by atoms with Gasteiger partial charge in [0, 0.05) is 35.9 Å². The number of nitrogens with one attached hydrogen (secondary N) is 3. The predicted molar refractivity (Wildman–Crippen MR) is 151 cm³/mol. The Bertz CT molecular complexity index is 1660. The van der Waals surface area contributed by atoms with Gasteiger partial charge < -0.3 is 5.32 Å². The third-order valence-electron chi connectivity index (χ3n) is 5.23. The lowest BCUT2D eigenvalue weighted by Gasteiger charge is -2.08. The lowest BCUT2D eigenvalue weighted by atomic mass is 10.2. The summed E-state index contributed by atoms with van der Waals surface area (Å²) < 4.78 is 2.67. The zero-order chi connectivity index (χ0) is 25.4. The van der Waals surface area contributed by atoms with Crippen molar-refractivity contribution in [2.24, 2.45) is 0 Å². The third kappa shape index (κ3) is 4.85. The van der Waals surface area contributed by atoms with E-state index >= 15 is 0 Å². The molecule has 5 rings (SSSR count). The Balaban J connectivity index is 1.22. The van der Waals surface area contributed by atoms with Crippen LogP contribution in [0.15, 0.2) is 71.2 Å². The quantitative estimate of drug-likeness (QED) is 0.182. The first-order chi connectivity index (χ1) is 17.3. The molecule has 36 heavy (non-hydrogen) atoms. The van der Waals surface area contributed by atoms with Gasteiger partial charge in [-0.3, -0.25) is 25.2 Å². The van der Waals surface area contributed by atoms with E-state index in [1.54, 1.807) is 12.1 Å². The first kappa shape index (κ1) is 24.7. The lowest BCUT2D eigenvalue weighted by Crippen LogP contribution is -2.41. The molecule has 0 radical (unpaired) electrons. The van der Waals surface area contributed by atoms with Crippen LogP contribution < -0.4 is 16.2 Å². The van der Waals surface area contributed by atoms with Gasteiger partial charge in [-0.15, -0.1) is 22.7 Å². The van der Waals surface area contributed by atoms with Crippen molar-refractivity contribution in [2.75, 3.05) is 5.32 Å². The summed E-state index contributed by atoms with van der Waals surface area (Å²) in [5.74, 6) is -1.37. The average Bonchev–Trinajstić information content (AvgIpc) is 3.39. The molecule has 5 aromatic rings. The van der Waals surface area contributed by atoms with Crippen LogP contribution in [0.4, 0.5) is 5.69 Å². The first-order valence-corrected chi connectivity index (χ1v) is 13.6. The minimum absolute atomic E-state index is 0.292. The summed E-state index contributed by atoms with van der Waals surface area (Å²) in [7, 11) is 0. The van der Waals surface area contributed by atoms with Crippen LogP contribution in [0.25, 0.3) is 20.2 Å². The summed E-state index contributed by atoms with van der Waals surface area (Å²) in [6.45, 7) is 0. The Labute approximate surface area is 231 Å². The highest BCUT2D eigenvalue weighted by Gasteiger charge is 2.19. The summed E-state index contributed by atoms with van der Waals surface area (Å²) in [6, 6.07) is 19.3. The molecule has 11 heteroatoms. The number of halogens is 3. The molecule has 0 aliphatic rings. The van der Waals surface area contributed by atoms with Crippen LogP contribution >= 0.6 is 61.8 Å². The number of hydrogen-bond donors (Lipinski definition) is 3.